The number of rotatable bonds is 0. The Bertz CT molecular complexity index is 272. The molecule has 0 saturated carbocycles. The highest BCUT2D eigenvalue weighted by molar-refractivity contribution is 5.68. The van der Waals surface area contributed by atoms with Crippen LogP contribution in [0.3, 0.4) is 0 Å². The van der Waals surface area contributed by atoms with Crippen LogP contribution in [-0.2, 0) is 9.47 Å². The van der Waals surface area contributed by atoms with Crippen LogP contribution >= 0.6 is 0 Å². The van der Waals surface area contributed by atoms with Gasteiger partial charge >= 0.3 is 6.09 Å². The first-order valence-corrected chi connectivity index (χ1v) is 5.64. The largest absolute Gasteiger partial charge is 0.444 e. The normalized spacial score (nSPS) is 34.0. The van der Waals surface area contributed by atoms with Crippen LogP contribution < -0.4 is 0 Å². The minimum absolute atomic E-state index is 0.0336. The van der Waals surface area contributed by atoms with Crippen LogP contribution in [0, 0.1) is 5.92 Å². The summed E-state index contributed by atoms with van der Waals surface area (Å²) in [5, 5.41) is 9.74. The second-order valence-corrected chi connectivity index (χ2v) is 5.51. The Morgan fingerprint density at radius 3 is 2.69 bits per heavy atom. The summed E-state index contributed by atoms with van der Waals surface area (Å²) >= 11 is 0. The predicted octanol–water partition coefficient (Wildman–Crippen LogP) is 0.613. The molecular formula is C11H19NO4. The molecule has 1 N–H and O–H groups in total. The molecule has 2 bridgehead atoms. The lowest BCUT2D eigenvalue weighted by Gasteiger charge is -2.34. The molecule has 3 atom stereocenters. The number of nitrogens with zero attached hydrogens (tertiary/aromatic N) is 1. The Balaban J connectivity index is 1.95. The maximum atomic E-state index is 11.8. The van der Waals surface area contributed by atoms with Crippen molar-refractivity contribution in [2.45, 2.75) is 38.6 Å². The number of carbonyl (C=O) groups excluding carboxylic acids is 1. The lowest BCUT2D eigenvalue weighted by Crippen LogP contribution is -2.51. The van der Waals surface area contributed by atoms with E-state index >= 15 is 0 Å². The van der Waals surface area contributed by atoms with Gasteiger partial charge in [-0.1, -0.05) is 0 Å². The van der Waals surface area contributed by atoms with Gasteiger partial charge in [0, 0.05) is 12.5 Å². The Hall–Kier alpha value is -0.810. The van der Waals surface area contributed by atoms with Gasteiger partial charge in [-0.3, -0.25) is 0 Å². The molecule has 0 aliphatic carbocycles. The van der Waals surface area contributed by atoms with E-state index in [2.05, 4.69) is 0 Å². The molecule has 1 amide bonds. The molecule has 0 unspecified atom stereocenters. The number of amides is 1. The van der Waals surface area contributed by atoms with E-state index in [0.717, 1.165) is 0 Å². The van der Waals surface area contributed by atoms with E-state index in [4.69, 9.17) is 9.47 Å². The van der Waals surface area contributed by atoms with E-state index in [-0.39, 0.29) is 18.1 Å². The van der Waals surface area contributed by atoms with E-state index < -0.39 is 11.7 Å². The molecule has 0 aromatic rings. The van der Waals surface area contributed by atoms with Crippen molar-refractivity contribution in [3.63, 3.8) is 0 Å². The van der Waals surface area contributed by atoms with Crippen LogP contribution in [0.4, 0.5) is 4.79 Å². The van der Waals surface area contributed by atoms with Gasteiger partial charge in [-0.15, -0.1) is 0 Å². The molecular weight excluding hydrogens is 210 g/mol. The smallest absolute Gasteiger partial charge is 0.410 e. The van der Waals surface area contributed by atoms with E-state index in [0.29, 0.717) is 19.7 Å². The first-order chi connectivity index (χ1) is 7.37. The van der Waals surface area contributed by atoms with Crippen molar-refractivity contribution >= 4 is 6.09 Å². The average molecular weight is 229 g/mol. The summed E-state index contributed by atoms with van der Waals surface area (Å²) < 4.78 is 10.7. The summed E-state index contributed by atoms with van der Waals surface area (Å²) in [6.45, 7) is 7.00. The van der Waals surface area contributed by atoms with Crippen molar-refractivity contribution < 1.29 is 19.4 Å². The number of aliphatic hydroxyl groups excluding tert-OH is 1. The SMILES string of the molecule is CC(C)(C)OC(=O)N1C[C@@H]2CO[C@H](C1)[C@@H]2O. The standard InChI is InChI=1S/C11H19NO4/c1-11(2,3)16-10(14)12-4-7-6-15-8(5-12)9(7)13/h7-9,13H,4-6H2,1-3H3/t7-,8-,9-/m1/s1. The van der Waals surface area contributed by atoms with E-state index in [1.54, 1.807) is 4.90 Å². The average Bonchev–Trinajstić information content (AvgIpc) is 2.38. The maximum Gasteiger partial charge on any atom is 0.410 e. The predicted molar refractivity (Wildman–Crippen MR) is 57.0 cm³/mol. The Kier molecular flexibility index (Phi) is 2.84. The molecule has 16 heavy (non-hydrogen) atoms. The fraction of sp³-hybridized carbons (Fsp3) is 0.909. The van der Waals surface area contributed by atoms with Gasteiger partial charge in [0.2, 0.25) is 0 Å². The van der Waals surface area contributed by atoms with Crippen LogP contribution in [0.25, 0.3) is 0 Å². The number of likely N-dealkylation sites (tertiary alicyclic amines) is 1. The lowest BCUT2D eigenvalue weighted by atomic mass is 9.97. The Morgan fingerprint density at radius 1 is 1.44 bits per heavy atom. The second-order valence-electron chi connectivity index (χ2n) is 5.51. The van der Waals surface area contributed by atoms with Crippen LogP contribution in [0.1, 0.15) is 20.8 Å². The molecule has 5 heteroatoms. The number of piperidine rings is 1. The molecule has 0 spiro atoms. The molecule has 0 aromatic heterocycles. The van der Waals surface area contributed by atoms with Crippen LogP contribution in [0.5, 0.6) is 0 Å². The second kappa shape index (κ2) is 3.89. The molecule has 0 radical (unpaired) electrons. The summed E-state index contributed by atoms with van der Waals surface area (Å²) in [6.07, 6.45) is -0.996. The number of hydrogen-bond donors (Lipinski definition) is 1. The summed E-state index contributed by atoms with van der Waals surface area (Å²) in [4.78, 5) is 13.4. The minimum atomic E-state index is -0.479. The number of ether oxygens (including phenoxy) is 2. The van der Waals surface area contributed by atoms with Gasteiger partial charge < -0.3 is 19.5 Å². The third kappa shape index (κ3) is 2.30. The molecule has 2 heterocycles. The van der Waals surface area contributed by atoms with Crippen molar-refractivity contribution in [2.75, 3.05) is 19.7 Å². The van der Waals surface area contributed by atoms with Crippen molar-refractivity contribution in [1.82, 2.24) is 4.90 Å². The van der Waals surface area contributed by atoms with Gasteiger partial charge in [0.25, 0.3) is 0 Å². The Labute approximate surface area is 95.3 Å². The fourth-order valence-corrected chi connectivity index (χ4v) is 2.12. The lowest BCUT2D eigenvalue weighted by molar-refractivity contribution is -0.0251. The zero-order valence-electron chi connectivity index (χ0n) is 9.97. The first-order valence-electron chi connectivity index (χ1n) is 5.64. The summed E-state index contributed by atoms with van der Waals surface area (Å²) in [6, 6.07) is 0. The molecule has 2 aliphatic heterocycles. The van der Waals surface area contributed by atoms with Gasteiger partial charge in [0.05, 0.1) is 19.3 Å². The third-order valence-corrected chi connectivity index (χ3v) is 2.90. The zero-order valence-corrected chi connectivity index (χ0v) is 9.97. The number of carbonyl (C=O) groups is 1. The van der Waals surface area contributed by atoms with E-state index in [1.807, 2.05) is 20.8 Å². The first kappa shape index (κ1) is 11.7. The van der Waals surface area contributed by atoms with Crippen LogP contribution in [-0.4, -0.2) is 53.6 Å². The van der Waals surface area contributed by atoms with Gasteiger partial charge in [-0.05, 0) is 20.8 Å². The van der Waals surface area contributed by atoms with Gasteiger partial charge in [-0.2, -0.15) is 0 Å². The van der Waals surface area contributed by atoms with Crippen molar-refractivity contribution in [1.29, 1.82) is 0 Å². The monoisotopic (exact) mass is 229 g/mol. The highest BCUT2D eigenvalue weighted by Crippen LogP contribution is 2.28. The molecule has 2 fully saturated rings. The van der Waals surface area contributed by atoms with Gasteiger partial charge in [-0.25, -0.2) is 4.79 Å². The molecule has 2 rings (SSSR count). The zero-order chi connectivity index (χ0) is 11.9. The Morgan fingerprint density at radius 2 is 2.12 bits per heavy atom. The third-order valence-electron chi connectivity index (χ3n) is 2.90. The fourth-order valence-electron chi connectivity index (χ4n) is 2.12. The topological polar surface area (TPSA) is 59.0 Å². The quantitative estimate of drug-likeness (QED) is 0.661. The summed E-state index contributed by atoms with van der Waals surface area (Å²) in [5.74, 6) is 0.0336. The molecule has 2 saturated heterocycles. The highest BCUT2D eigenvalue weighted by atomic mass is 16.6. The van der Waals surface area contributed by atoms with Gasteiger partial charge in [0.1, 0.15) is 11.7 Å². The van der Waals surface area contributed by atoms with Crippen LogP contribution in [0.2, 0.25) is 0 Å². The van der Waals surface area contributed by atoms with E-state index in [1.165, 1.54) is 0 Å². The maximum absolute atomic E-state index is 11.8. The molecule has 2 aliphatic rings. The highest BCUT2D eigenvalue weighted by Gasteiger charge is 2.44. The minimum Gasteiger partial charge on any atom is -0.444 e. The van der Waals surface area contributed by atoms with Crippen molar-refractivity contribution in [3.8, 4) is 0 Å². The van der Waals surface area contributed by atoms with Crippen molar-refractivity contribution in [3.05, 3.63) is 0 Å². The number of aliphatic hydroxyl groups is 1. The summed E-state index contributed by atoms with van der Waals surface area (Å²) in [7, 11) is 0. The van der Waals surface area contributed by atoms with Crippen LogP contribution in [0.15, 0.2) is 0 Å². The van der Waals surface area contributed by atoms with E-state index in [9.17, 15) is 9.90 Å². The summed E-state index contributed by atoms with van der Waals surface area (Å²) in [5.41, 5.74) is -0.479. The number of fused-ring (bicyclic) bond motifs is 2. The number of hydrogen-bond acceptors (Lipinski definition) is 4. The molecule has 5 nitrogen and oxygen atoms in total. The molecule has 0 aromatic carbocycles. The van der Waals surface area contributed by atoms with Crippen molar-refractivity contribution in [2.24, 2.45) is 5.92 Å². The molecule has 92 valence electrons. The van der Waals surface area contributed by atoms with Gasteiger partial charge in [0.15, 0.2) is 0 Å².